The minimum atomic E-state index is -0.430. The molecule has 0 aliphatic heterocycles. The van der Waals surface area contributed by atoms with Crippen LogP contribution in [-0.4, -0.2) is 4.92 Å². The van der Waals surface area contributed by atoms with Gasteiger partial charge in [-0.3, -0.25) is 10.1 Å². The molecule has 2 N–H and O–H groups in total. The highest BCUT2D eigenvalue weighted by Crippen LogP contribution is 2.40. The molecule has 0 radical (unpaired) electrons. The standard InChI is InChI=1S/C13H11N3O2S/c1-7-3-4-9(16(17)18)5-10(7)13-8(2)12(15)11(6-14)19-13/h3-5H,15H2,1-2H3. The first-order chi connectivity index (χ1) is 8.95. The lowest BCUT2D eigenvalue weighted by Gasteiger charge is -2.04. The van der Waals surface area contributed by atoms with Crippen molar-refractivity contribution in [3.05, 3.63) is 44.3 Å². The van der Waals surface area contributed by atoms with Gasteiger partial charge in [0.25, 0.3) is 5.69 Å². The highest BCUT2D eigenvalue weighted by molar-refractivity contribution is 7.16. The molecule has 0 unspecified atom stereocenters. The Morgan fingerprint density at radius 1 is 1.42 bits per heavy atom. The van der Waals surface area contributed by atoms with Gasteiger partial charge in [-0.15, -0.1) is 11.3 Å². The van der Waals surface area contributed by atoms with Gasteiger partial charge in [-0.2, -0.15) is 5.26 Å². The lowest BCUT2D eigenvalue weighted by Crippen LogP contribution is -1.91. The number of nitrogens with zero attached hydrogens (tertiary/aromatic N) is 2. The molecule has 0 atom stereocenters. The maximum absolute atomic E-state index is 10.8. The third-order valence-electron chi connectivity index (χ3n) is 2.97. The summed E-state index contributed by atoms with van der Waals surface area (Å²) in [6, 6.07) is 6.74. The third kappa shape index (κ3) is 2.16. The molecule has 1 aromatic heterocycles. The van der Waals surface area contributed by atoms with E-state index in [9.17, 15) is 10.1 Å². The lowest BCUT2D eigenvalue weighted by molar-refractivity contribution is -0.384. The quantitative estimate of drug-likeness (QED) is 0.670. The predicted molar refractivity (Wildman–Crippen MR) is 75.0 cm³/mol. The number of hydrogen-bond acceptors (Lipinski definition) is 5. The number of nitro benzene ring substituents is 1. The molecule has 2 rings (SSSR count). The molecule has 0 saturated heterocycles. The first kappa shape index (κ1) is 13.1. The summed E-state index contributed by atoms with van der Waals surface area (Å²) in [6.45, 7) is 3.70. The zero-order valence-corrected chi connectivity index (χ0v) is 11.2. The SMILES string of the molecule is Cc1ccc([N+](=O)[O-])cc1-c1sc(C#N)c(N)c1C. The fraction of sp³-hybridized carbons (Fsp3) is 0.154. The molecule has 1 aromatic carbocycles. The number of rotatable bonds is 2. The van der Waals surface area contributed by atoms with E-state index in [4.69, 9.17) is 11.0 Å². The smallest absolute Gasteiger partial charge is 0.270 e. The van der Waals surface area contributed by atoms with E-state index in [1.807, 2.05) is 19.9 Å². The molecule has 6 heteroatoms. The summed E-state index contributed by atoms with van der Waals surface area (Å²) >= 11 is 1.27. The Morgan fingerprint density at radius 2 is 2.11 bits per heavy atom. The Balaban J connectivity index is 2.69. The fourth-order valence-electron chi connectivity index (χ4n) is 1.83. The summed E-state index contributed by atoms with van der Waals surface area (Å²) < 4.78 is 0. The van der Waals surface area contributed by atoms with Crippen molar-refractivity contribution in [3.8, 4) is 16.5 Å². The molecule has 0 fully saturated rings. The van der Waals surface area contributed by atoms with Crippen molar-refractivity contribution in [2.75, 3.05) is 5.73 Å². The van der Waals surface area contributed by atoms with E-state index >= 15 is 0 Å². The first-order valence-electron chi connectivity index (χ1n) is 5.50. The average molecular weight is 273 g/mol. The average Bonchev–Trinajstić information content (AvgIpc) is 2.66. The topological polar surface area (TPSA) is 93.0 Å². The van der Waals surface area contributed by atoms with Gasteiger partial charge in [-0.05, 0) is 25.0 Å². The summed E-state index contributed by atoms with van der Waals surface area (Å²) in [5, 5.41) is 19.8. The summed E-state index contributed by atoms with van der Waals surface area (Å²) in [5.74, 6) is 0. The van der Waals surface area contributed by atoms with E-state index < -0.39 is 4.92 Å². The number of non-ortho nitro benzene ring substituents is 1. The minimum absolute atomic E-state index is 0.0329. The largest absolute Gasteiger partial charge is 0.397 e. The van der Waals surface area contributed by atoms with Crippen molar-refractivity contribution in [1.82, 2.24) is 0 Å². The molecule has 1 heterocycles. The maximum Gasteiger partial charge on any atom is 0.270 e. The number of hydrogen-bond donors (Lipinski definition) is 1. The van der Waals surface area contributed by atoms with Crippen LogP contribution in [0.15, 0.2) is 18.2 Å². The Hall–Kier alpha value is -2.39. The maximum atomic E-state index is 10.8. The molecule has 96 valence electrons. The minimum Gasteiger partial charge on any atom is -0.397 e. The molecule has 0 saturated carbocycles. The second kappa shape index (κ2) is 4.71. The Labute approximate surface area is 114 Å². The predicted octanol–water partition coefficient (Wildman–Crippen LogP) is 3.39. The fourth-order valence-corrected chi connectivity index (χ4v) is 2.94. The molecule has 2 aromatic rings. The molecule has 0 aliphatic rings. The van der Waals surface area contributed by atoms with Crippen LogP contribution in [0.25, 0.3) is 10.4 Å². The van der Waals surface area contributed by atoms with Crippen molar-refractivity contribution >= 4 is 22.7 Å². The first-order valence-corrected chi connectivity index (χ1v) is 6.31. The van der Waals surface area contributed by atoms with E-state index in [1.165, 1.54) is 23.5 Å². The molecule has 0 aliphatic carbocycles. The van der Waals surface area contributed by atoms with Crippen molar-refractivity contribution < 1.29 is 4.92 Å². The van der Waals surface area contributed by atoms with E-state index in [0.29, 0.717) is 10.6 Å². The van der Waals surface area contributed by atoms with Crippen LogP contribution in [0.3, 0.4) is 0 Å². The van der Waals surface area contributed by atoms with Crippen LogP contribution < -0.4 is 5.73 Å². The van der Waals surface area contributed by atoms with Gasteiger partial charge in [0, 0.05) is 22.6 Å². The molecular weight excluding hydrogens is 262 g/mol. The molecule has 5 nitrogen and oxygen atoms in total. The van der Waals surface area contributed by atoms with E-state index in [2.05, 4.69) is 0 Å². The number of nitrogens with two attached hydrogens (primary N) is 1. The van der Waals surface area contributed by atoms with E-state index in [0.717, 1.165) is 21.6 Å². The highest BCUT2D eigenvalue weighted by atomic mass is 32.1. The molecular formula is C13H11N3O2S. The van der Waals surface area contributed by atoms with Gasteiger partial charge in [0.15, 0.2) is 0 Å². The van der Waals surface area contributed by atoms with Gasteiger partial charge in [0.2, 0.25) is 0 Å². The summed E-state index contributed by atoms with van der Waals surface area (Å²) in [4.78, 5) is 11.7. The van der Waals surface area contributed by atoms with E-state index in [-0.39, 0.29) is 5.69 Å². The van der Waals surface area contributed by atoms with Crippen LogP contribution in [0.1, 0.15) is 16.0 Å². The zero-order chi connectivity index (χ0) is 14.2. The van der Waals surface area contributed by atoms with Gasteiger partial charge in [0.1, 0.15) is 10.9 Å². The van der Waals surface area contributed by atoms with Crippen molar-refractivity contribution in [2.45, 2.75) is 13.8 Å². The van der Waals surface area contributed by atoms with Crippen LogP contribution in [0.2, 0.25) is 0 Å². The van der Waals surface area contributed by atoms with Crippen molar-refractivity contribution in [3.63, 3.8) is 0 Å². The summed E-state index contributed by atoms with van der Waals surface area (Å²) in [7, 11) is 0. The Morgan fingerprint density at radius 3 is 2.63 bits per heavy atom. The number of aryl methyl sites for hydroxylation is 1. The third-order valence-corrected chi connectivity index (χ3v) is 4.22. The zero-order valence-electron chi connectivity index (χ0n) is 10.4. The van der Waals surface area contributed by atoms with Crippen LogP contribution in [-0.2, 0) is 0 Å². The summed E-state index contributed by atoms with van der Waals surface area (Å²) in [5.41, 5.74) is 8.81. The van der Waals surface area contributed by atoms with Crippen LogP contribution >= 0.6 is 11.3 Å². The van der Waals surface area contributed by atoms with Crippen molar-refractivity contribution in [2.24, 2.45) is 0 Å². The second-order valence-electron chi connectivity index (χ2n) is 4.17. The van der Waals surface area contributed by atoms with Crippen LogP contribution in [0.4, 0.5) is 11.4 Å². The number of nitriles is 1. The second-order valence-corrected chi connectivity index (χ2v) is 5.19. The van der Waals surface area contributed by atoms with Crippen LogP contribution in [0, 0.1) is 35.3 Å². The highest BCUT2D eigenvalue weighted by Gasteiger charge is 2.17. The molecule has 0 bridgehead atoms. The van der Waals surface area contributed by atoms with Gasteiger partial charge < -0.3 is 5.73 Å². The Bertz CT molecular complexity index is 713. The van der Waals surface area contributed by atoms with Gasteiger partial charge in [-0.25, -0.2) is 0 Å². The normalized spacial score (nSPS) is 10.2. The number of nitrogen functional groups attached to an aromatic ring is 1. The number of thiophene rings is 1. The van der Waals surface area contributed by atoms with Crippen molar-refractivity contribution in [1.29, 1.82) is 5.26 Å². The van der Waals surface area contributed by atoms with Crippen LogP contribution in [0.5, 0.6) is 0 Å². The Kier molecular flexibility index (Phi) is 3.23. The monoisotopic (exact) mass is 273 g/mol. The lowest BCUT2D eigenvalue weighted by atomic mass is 10.0. The summed E-state index contributed by atoms with van der Waals surface area (Å²) in [6.07, 6.45) is 0. The molecule has 0 amide bonds. The number of anilines is 1. The molecule has 0 spiro atoms. The van der Waals surface area contributed by atoms with Gasteiger partial charge in [0.05, 0.1) is 10.6 Å². The van der Waals surface area contributed by atoms with E-state index in [1.54, 1.807) is 6.07 Å². The van der Waals surface area contributed by atoms with Gasteiger partial charge >= 0.3 is 0 Å². The van der Waals surface area contributed by atoms with Gasteiger partial charge in [-0.1, -0.05) is 6.07 Å². The molecule has 19 heavy (non-hydrogen) atoms. The number of benzene rings is 1. The number of nitro groups is 1.